The minimum Gasteiger partial charge on any atom is -0.444 e. The highest BCUT2D eigenvalue weighted by molar-refractivity contribution is 6.01. The van der Waals surface area contributed by atoms with Crippen LogP contribution in [0.4, 0.5) is 14.4 Å². The van der Waals surface area contributed by atoms with Gasteiger partial charge in [0, 0.05) is 13.0 Å². The number of nitrogens with zero attached hydrogens (tertiary/aromatic N) is 5. The van der Waals surface area contributed by atoms with E-state index in [9.17, 15) is 14.4 Å². The number of hydroxylamine groups is 2. The van der Waals surface area contributed by atoms with Crippen LogP contribution >= 0.6 is 0 Å². The zero-order valence-corrected chi connectivity index (χ0v) is 24.9. The fourth-order valence-electron chi connectivity index (χ4n) is 4.45. The van der Waals surface area contributed by atoms with Gasteiger partial charge in [-0.1, -0.05) is 30.3 Å². The lowest BCUT2D eigenvalue weighted by atomic mass is 10.0. The molecule has 0 unspecified atom stereocenters. The number of fused-ring (bicyclic) bond motifs is 2. The van der Waals surface area contributed by atoms with E-state index in [0.29, 0.717) is 31.4 Å². The second-order valence-electron chi connectivity index (χ2n) is 12.0. The number of aliphatic imine (C=N–C) groups is 1. The van der Waals surface area contributed by atoms with Gasteiger partial charge in [0.1, 0.15) is 23.9 Å². The van der Waals surface area contributed by atoms with E-state index in [-0.39, 0.29) is 37.0 Å². The third-order valence-electron chi connectivity index (χ3n) is 6.14. The fourth-order valence-corrected chi connectivity index (χ4v) is 4.45. The first-order chi connectivity index (χ1) is 19.8. The van der Waals surface area contributed by atoms with E-state index in [2.05, 4.69) is 25.8 Å². The van der Waals surface area contributed by atoms with Crippen molar-refractivity contribution in [3.05, 3.63) is 47.7 Å². The van der Waals surface area contributed by atoms with Crippen LogP contribution in [0.3, 0.4) is 0 Å². The first-order valence-corrected chi connectivity index (χ1v) is 13.9. The first kappa shape index (κ1) is 30.8. The maximum absolute atomic E-state index is 13.1. The molecule has 2 fully saturated rings. The van der Waals surface area contributed by atoms with E-state index in [1.807, 2.05) is 30.3 Å². The van der Waals surface area contributed by atoms with Gasteiger partial charge < -0.3 is 18.8 Å². The van der Waals surface area contributed by atoms with E-state index in [1.165, 1.54) is 5.06 Å². The predicted octanol–water partition coefficient (Wildman–Crippen LogP) is 4.09. The highest BCUT2D eigenvalue weighted by Gasteiger charge is 2.47. The molecule has 0 radical (unpaired) electrons. The number of aromatic nitrogens is 2. The standard InChI is InChI=1S/C28H39N7O7/c1-27(2,3)41-24(36)30-23(31-25(37)42-28(4,5)6)29-15-14-21-32-33-22(40-21)20-13-12-19-16-34(20)26(38)35(19)39-17-18-10-8-7-9-11-18/h7-11,19-20H,12-17H2,1-6H3,(H2,29,30,31,36,37)/t19-,20-/m0/s1. The Balaban J connectivity index is 1.35. The van der Waals surface area contributed by atoms with E-state index >= 15 is 0 Å². The van der Waals surface area contributed by atoms with Crippen molar-refractivity contribution in [2.75, 3.05) is 13.1 Å². The summed E-state index contributed by atoms with van der Waals surface area (Å²) in [6.45, 7) is 11.2. The summed E-state index contributed by atoms with van der Waals surface area (Å²) < 4.78 is 16.4. The van der Waals surface area contributed by atoms with Crippen molar-refractivity contribution in [3.8, 4) is 0 Å². The van der Waals surface area contributed by atoms with Gasteiger partial charge in [-0.25, -0.2) is 14.4 Å². The Hall–Kier alpha value is -4.20. The molecule has 3 heterocycles. The van der Waals surface area contributed by atoms with Gasteiger partial charge in [-0.05, 0) is 59.9 Å². The number of amides is 4. The van der Waals surface area contributed by atoms with Crippen LogP contribution in [0.1, 0.15) is 77.8 Å². The lowest BCUT2D eigenvalue weighted by molar-refractivity contribution is -0.140. The van der Waals surface area contributed by atoms with Gasteiger partial charge in [-0.3, -0.25) is 20.5 Å². The molecule has 2 N–H and O–H groups in total. The van der Waals surface area contributed by atoms with Crippen LogP contribution in [0.25, 0.3) is 0 Å². The Kier molecular flexibility index (Phi) is 9.34. The monoisotopic (exact) mass is 585 g/mol. The van der Waals surface area contributed by atoms with Crippen molar-refractivity contribution in [1.29, 1.82) is 0 Å². The summed E-state index contributed by atoms with van der Waals surface area (Å²) >= 11 is 0. The average molecular weight is 586 g/mol. The Bertz CT molecular complexity index is 1250. The lowest BCUT2D eigenvalue weighted by Gasteiger charge is -2.27. The van der Waals surface area contributed by atoms with Crippen molar-refractivity contribution in [2.45, 2.75) is 90.7 Å². The summed E-state index contributed by atoms with van der Waals surface area (Å²) in [7, 11) is 0. The van der Waals surface area contributed by atoms with Gasteiger partial charge >= 0.3 is 18.2 Å². The Morgan fingerprint density at radius 1 is 1.00 bits per heavy atom. The molecule has 228 valence electrons. The van der Waals surface area contributed by atoms with Crippen molar-refractivity contribution in [3.63, 3.8) is 0 Å². The largest absolute Gasteiger partial charge is 0.444 e. The van der Waals surface area contributed by atoms with Crippen LogP contribution in [0.15, 0.2) is 39.7 Å². The van der Waals surface area contributed by atoms with Gasteiger partial charge in [-0.15, -0.1) is 10.2 Å². The highest BCUT2D eigenvalue weighted by atomic mass is 16.7. The molecule has 4 rings (SSSR count). The molecule has 2 aromatic rings. The van der Waals surface area contributed by atoms with Crippen LogP contribution in [0, 0.1) is 0 Å². The van der Waals surface area contributed by atoms with Crippen LogP contribution < -0.4 is 10.6 Å². The molecular weight excluding hydrogens is 546 g/mol. The molecule has 2 bridgehead atoms. The quantitative estimate of drug-likeness (QED) is 0.360. The number of guanidine groups is 1. The molecule has 14 nitrogen and oxygen atoms in total. The van der Waals surface area contributed by atoms with E-state index in [1.54, 1.807) is 46.4 Å². The number of hydrogen-bond donors (Lipinski definition) is 2. The smallest absolute Gasteiger partial charge is 0.414 e. The van der Waals surface area contributed by atoms with Gasteiger partial charge in [0.25, 0.3) is 0 Å². The Labute approximate surface area is 244 Å². The van der Waals surface area contributed by atoms with Crippen molar-refractivity contribution >= 4 is 24.2 Å². The summed E-state index contributed by atoms with van der Waals surface area (Å²) in [6.07, 6.45) is 0.0401. The maximum atomic E-state index is 13.1. The van der Waals surface area contributed by atoms with Crippen LogP contribution in [-0.2, 0) is 27.3 Å². The number of nitrogens with one attached hydrogen (secondary N) is 2. The molecule has 0 saturated carbocycles. The molecule has 0 aliphatic carbocycles. The second kappa shape index (κ2) is 12.8. The number of benzene rings is 1. The van der Waals surface area contributed by atoms with Gasteiger partial charge in [0.15, 0.2) is 0 Å². The minimum atomic E-state index is -0.787. The molecule has 1 aromatic heterocycles. The molecular formula is C28H39N7O7. The molecule has 42 heavy (non-hydrogen) atoms. The number of urea groups is 1. The van der Waals surface area contributed by atoms with Crippen molar-refractivity contribution in [2.24, 2.45) is 4.99 Å². The zero-order valence-electron chi connectivity index (χ0n) is 24.9. The Morgan fingerprint density at radius 2 is 1.64 bits per heavy atom. The number of carbonyl (C=O) groups is 3. The van der Waals surface area contributed by atoms with Crippen molar-refractivity contribution < 1.29 is 33.1 Å². The third kappa shape index (κ3) is 8.65. The third-order valence-corrected chi connectivity index (χ3v) is 6.14. The van der Waals surface area contributed by atoms with Crippen LogP contribution in [-0.4, -0.2) is 74.7 Å². The van der Waals surface area contributed by atoms with E-state index in [0.717, 1.165) is 12.0 Å². The fraction of sp³-hybridized carbons (Fsp3) is 0.571. The van der Waals surface area contributed by atoms with Gasteiger partial charge in [0.05, 0.1) is 12.6 Å². The number of alkyl carbamates (subject to hydrolysis) is 2. The summed E-state index contributed by atoms with van der Waals surface area (Å²) in [5.74, 6) is 0.494. The topological polar surface area (TPSA) is 161 Å². The molecule has 2 saturated heterocycles. The van der Waals surface area contributed by atoms with Gasteiger partial charge in [-0.2, -0.15) is 5.06 Å². The minimum absolute atomic E-state index is 0.0393. The number of rotatable bonds is 7. The van der Waals surface area contributed by atoms with Crippen molar-refractivity contribution in [1.82, 2.24) is 30.8 Å². The van der Waals surface area contributed by atoms with Crippen LogP contribution in [0.5, 0.6) is 0 Å². The SMILES string of the molecule is CC(C)(C)OC(=O)NC(=NCCc1nnc([C@@H]2CC[C@H]3CN2C(=O)N3OCc2ccccc2)o1)NC(=O)OC(C)(C)C. The number of piperidine rings is 1. The number of carbonyl (C=O) groups excluding carboxylic acids is 3. The summed E-state index contributed by atoms with van der Waals surface area (Å²) in [6, 6.07) is 9.06. The molecule has 14 heteroatoms. The highest BCUT2D eigenvalue weighted by Crippen LogP contribution is 2.38. The van der Waals surface area contributed by atoms with Gasteiger partial charge in [0.2, 0.25) is 17.7 Å². The maximum Gasteiger partial charge on any atom is 0.414 e. The van der Waals surface area contributed by atoms with E-state index < -0.39 is 23.4 Å². The predicted molar refractivity (Wildman–Crippen MR) is 150 cm³/mol. The zero-order chi connectivity index (χ0) is 30.5. The normalized spacial score (nSPS) is 18.5. The Morgan fingerprint density at radius 3 is 2.26 bits per heavy atom. The number of ether oxygens (including phenoxy) is 2. The molecule has 1 aromatic carbocycles. The molecule has 2 aliphatic rings. The molecule has 4 amide bonds. The van der Waals surface area contributed by atoms with Crippen LogP contribution in [0.2, 0.25) is 0 Å². The molecule has 2 aliphatic heterocycles. The first-order valence-electron chi connectivity index (χ1n) is 13.9. The molecule has 2 atom stereocenters. The molecule has 0 spiro atoms. The summed E-state index contributed by atoms with van der Waals surface area (Å²) in [5, 5.41) is 14.6. The summed E-state index contributed by atoms with van der Waals surface area (Å²) in [5.41, 5.74) is -0.516. The average Bonchev–Trinajstić information content (AvgIpc) is 3.44. The van der Waals surface area contributed by atoms with E-state index in [4.69, 9.17) is 18.7 Å². The lowest BCUT2D eigenvalue weighted by Crippen LogP contribution is -2.47. The second-order valence-corrected chi connectivity index (χ2v) is 12.0. The summed E-state index contributed by atoms with van der Waals surface area (Å²) in [4.78, 5) is 49.5. The number of hydrogen-bond acceptors (Lipinski definition) is 10.